The lowest BCUT2D eigenvalue weighted by atomic mass is 9.94. The number of rotatable bonds is 4. The van der Waals surface area contributed by atoms with E-state index < -0.39 is 17.5 Å². The molecule has 2 aliphatic rings. The Labute approximate surface area is 186 Å². The molecule has 5 rings (SSSR count). The van der Waals surface area contributed by atoms with E-state index in [4.69, 9.17) is 9.47 Å². The van der Waals surface area contributed by atoms with Gasteiger partial charge in [-0.1, -0.05) is 24.6 Å². The van der Waals surface area contributed by atoms with Crippen molar-refractivity contribution in [3.05, 3.63) is 65.5 Å². The molecule has 1 amide bonds. The first kappa shape index (κ1) is 20.3. The number of carbonyl (C=O) groups excluding carboxylic acids is 2. The second-order valence-corrected chi connectivity index (χ2v) is 8.41. The van der Waals surface area contributed by atoms with E-state index in [0.29, 0.717) is 34.1 Å². The zero-order chi connectivity index (χ0) is 22.3. The number of benzene rings is 2. The molecule has 3 aromatic rings. The van der Waals surface area contributed by atoms with Crippen molar-refractivity contribution in [1.29, 1.82) is 0 Å². The van der Waals surface area contributed by atoms with Crippen LogP contribution in [-0.2, 0) is 4.79 Å². The van der Waals surface area contributed by atoms with E-state index in [2.05, 4.69) is 10.4 Å². The van der Waals surface area contributed by atoms with Crippen molar-refractivity contribution in [3.8, 4) is 17.2 Å². The van der Waals surface area contributed by atoms with E-state index in [-0.39, 0.29) is 0 Å². The number of aromatic nitrogens is 2. The van der Waals surface area contributed by atoms with Crippen LogP contribution in [0, 0.1) is 13.8 Å². The Morgan fingerprint density at radius 2 is 1.69 bits per heavy atom. The molecular weight excluding hydrogens is 406 g/mol. The lowest BCUT2D eigenvalue weighted by Gasteiger charge is -2.31. The van der Waals surface area contributed by atoms with Crippen LogP contribution in [0.15, 0.2) is 48.5 Å². The molecule has 0 saturated heterocycles. The lowest BCUT2D eigenvalue weighted by Crippen LogP contribution is -2.40. The third-order valence-electron chi connectivity index (χ3n) is 6.13. The maximum atomic E-state index is 13.0. The topological polar surface area (TPSA) is 82.5 Å². The summed E-state index contributed by atoms with van der Waals surface area (Å²) in [5.74, 6) is -0.647. The molecule has 1 aliphatic heterocycles. The number of anilines is 1. The van der Waals surface area contributed by atoms with E-state index in [9.17, 15) is 9.59 Å². The Morgan fingerprint density at radius 1 is 0.969 bits per heavy atom. The van der Waals surface area contributed by atoms with Crippen molar-refractivity contribution in [2.45, 2.75) is 51.7 Å². The van der Waals surface area contributed by atoms with Crippen LogP contribution >= 0.6 is 0 Å². The molecule has 1 fully saturated rings. The van der Waals surface area contributed by atoms with E-state index in [0.717, 1.165) is 31.4 Å². The van der Waals surface area contributed by atoms with Crippen LogP contribution in [0.4, 0.5) is 5.69 Å². The van der Waals surface area contributed by atoms with Gasteiger partial charge in [0.1, 0.15) is 0 Å². The number of fused-ring (bicyclic) bond motifs is 1. The number of nitrogens with zero attached hydrogens (tertiary/aromatic N) is 2. The molecule has 1 saturated carbocycles. The van der Waals surface area contributed by atoms with Gasteiger partial charge in [-0.05, 0) is 51.0 Å². The Bertz CT molecular complexity index is 1190. The summed E-state index contributed by atoms with van der Waals surface area (Å²) < 4.78 is 13.9. The summed E-state index contributed by atoms with van der Waals surface area (Å²) in [6.07, 6.45) is 5.04. The molecule has 0 radical (unpaired) electrons. The Kier molecular flexibility index (Phi) is 4.96. The monoisotopic (exact) mass is 431 g/mol. The summed E-state index contributed by atoms with van der Waals surface area (Å²) in [4.78, 5) is 25.8. The fourth-order valence-corrected chi connectivity index (χ4v) is 4.56. The van der Waals surface area contributed by atoms with Crippen LogP contribution in [0.3, 0.4) is 0 Å². The summed E-state index contributed by atoms with van der Waals surface area (Å²) in [5.41, 5.74) is 2.77. The summed E-state index contributed by atoms with van der Waals surface area (Å²) in [5, 5.41) is 7.17. The minimum Gasteiger partial charge on any atom is -0.448 e. The number of carbonyl (C=O) groups is 2. The van der Waals surface area contributed by atoms with Gasteiger partial charge >= 0.3 is 0 Å². The van der Waals surface area contributed by atoms with Crippen LogP contribution in [0.1, 0.15) is 53.8 Å². The average Bonchev–Trinajstić information content (AvgIpc) is 3.29. The van der Waals surface area contributed by atoms with Gasteiger partial charge in [0.05, 0.1) is 22.6 Å². The minimum atomic E-state index is -0.713. The number of Topliss-reactive ketones (excluding diaryl/α,β-unsaturated/α-hetero) is 1. The SMILES string of the molecule is Cc1nn(-c2ccccc2)c(C)c1C(=O)C(=O)Nc1ccc2c(c1)OC1(CCCCC1)O2. The minimum absolute atomic E-state index is 0.313. The van der Waals surface area contributed by atoms with Crippen LogP contribution in [-0.4, -0.2) is 27.3 Å². The third kappa shape index (κ3) is 3.53. The highest BCUT2D eigenvalue weighted by Gasteiger charge is 2.42. The second kappa shape index (κ2) is 7.82. The highest BCUT2D eigenvalue weighted by atomic mass is 16.7. The Morgan fingerprint density at radius 3 is 2.44 bits per heavy atom. The van der Waals surface area contributed by atoms with Crippen molar-refractivity contribution >= 4 is 17.4 Å². The highest BCUT2D eigenvalue weighted by molar-refractivity contribution is 6.47. The van der Waals surface area contributed by atoms with Gasteiger partial charge in [-0.3, -0.25) is 9.59 Å². The van der Waals surface area contributed by atoms with Crippen molar-refractivity contribution in [1.82, 2.24) is 9.78 Å². The van der Waals surface area contributed by atoms with Crippen LogP contribution in [0.5, 0.6) is 11.5 Å². The van der Waals surface area contributed by atoms with E-state index in [1.165, 1.54) is 6.42 Å². The smallest absolute Gasteiger partial charge is 0.296 e. The first-order valence-electron chi connectivity index (χ1n) is 11.0. The second-order valence-electron chi connectivity index (χ2n) is 8.41. The molecule has 1 aliphatic carbocycles. The molecule has 2 heterocycles. The molecule has 1 spiro atoms. The van der Waals surface area contributed by atoms with Gasteiger partial charge in [0.25, 0.3) is 17.5 Å². The van der Waals surface area contributed by atoms with E-state index in [1.807, 2.05) is 30.3 Å². The summed E-state index contributed by atoms with van der Waals surface area (Å²) in [6.45, 7) is 3.52. The zero-order valence-corrected chi connectivity index (χ0v) is 18.2. The Hall–Kier alpha value is -3.61. The van der Waals surface area contributed by atoms with Gasteiger partial charge in [-0.25, -0.2) is 4.68 Å². The number of ether oxygens (including phenoxy) is 2. The molecule has 32 heavy (non-hydrogen) atoms. The molecule has 0 unspecified atom stereocenters. The van der Waals surface area contributed by atoms with Gasteiger partial charge < -0.3 is 14.8 Å². The van der Waals surface area contributed by atoms with Gasteiger partial charge in [0.15, 0.2) is 11.5 Å². The van der Waals surface area contributed by atoms with Crippen LogP contribution in [0.2, 0.25) is 0 Å². The average molecular weight is 431 g/mol. The molecule has 0 bridgehead atoms. The fourth-order valence-electron chi connectivity index (χ4n) is 4.56. The maximum Gasteiger partial charge on any atom is 0.296 e. The first-order chi connectivity index (χ1) is 15.5. The summed E-state index contributed by atoms with van der Waals surface area (Å²) in [7, 11) is 0. The summed E-state index contributed by atoms with van der Waals surface area (Å²) >= 11 is 0. The predicted molar refractivity (Wildman–Crippen MR) is 120 cm³/mol. The molecule has 1 aromatic heterocycles. The number of para-hydroxylation sites is 1. The third-order valence-corrected chi connectivity index (χ3v) is 6.13. The van der Waals surface area contributed by atoms with Gasteiger partial charge in [-0.2, -0.15) is 5.10 Å². The first-order valence-corrected chi connectivity index (χ1v) is 11.0. The number of nitrogens with one attached hydrogen (secondary N) is 1. The van der Waals surface area contributed by atoms with Crippen molar-refractivity contribution in [2.75, 3.05) is 5.32 Å². The lowest BCUT2D eigenvalue weighted by molar-refractivity contribution is -0.112. The van der Waals surface area contributed by atoms with Crippen molar-refractivity contribution in [3.63, 3.8) is 0 Å². The standard InChI is InChI=1S/C25H25N3O4/c1-16-22(17(2)28(27-16)19-9-5-3-6-10-19)23(29)24(30)26-18-11-12-20-21(15-18)32-25(31-20)13-7-4-8-14-25/h3,5-6,9-12,15H,4,7-8,13-14H2,1-2H3,(H,26,30). The van der Waals surface area contributed by atoms with Crippen LogP contribution < -0.4 is 14.8 Å². The molecule has 1 N–H and O–H groups in total. The highest BCUT2D eigenvalue weighted by Crippen LogP contribution is 2.46. The fraction of sp³-hybridized carbons (Fsp3) is 0.320. The van der Waals surface area contributed by atoms with Crippen LogP contribution in [0.25, 0.3) is 5.69 Å². The molecule has 0 atom stereocenters. The number of hydrogen-bond acceptors (Lipinski definition) is 5. The quantitative estimate of drug-likeness (QED) is 0.477. The predicted octanol–water partition coefficient (Wildman–Crippen LogP) is 4.74. The number of amides is 1. The Balaban J connectivity index is 1.34. The molecule has 7 heteroatoms. The van der Waals surface area contributed by atoms with Gasteiger partial charge in [0.2, 0.25) is 0 Å². The molecule has 2 aromatic carbocycles. The normalized spacial score (nSPS) is 16.2. The van der Waals surface area contributed by atoms with Gasteiger partial charge in [0, 0.05) is 24.6 Å². The van der Waals surface area contributed by atoms with E-state index in [1.54, 1.807) is 36.7 Å². The number of hydrogen-bond donors (Lipinski definition) is 1. The van der Waals surface area contributed by atoms with Crippen molar-refractivity contribution in [2.24, 2.45) is 0 Å². The molecule has 164 valence electrons. The number of ketones is 1. The summed E-state index contributed by atoms with van der Waals surface area (Å²) in [6, 6.07) is 14.7. The molecule has 7 nitrogen and oxygen atoms in total. The maximum absolute atomic E-state index is 13.0. The number of aryl methyl sites for hydroxylation is 1. The van der Waals surface area contributed by atoms with Crippen molar-refractivity contribution < 1.29 is 19.1 Å². The zero-order valence-electron chi connectivity index (χ0n) is 18.2. The largest absolute Gasteiger partial charge is 0.448 e. The molecular formula is C25H25N3O4. The van der Waals surface area contributed by atoms with Gasteiger partial charge in [-0.15, -0.1) is 0 Å². The van der Waals surface area contributed by atoms with E-state index >= 15 is 0 Å².